The van der Waals surface area contributed by atoms with Crippen LogP contribution in [0.3, 0.4) is 0 Å². The van der Waals surface area contributed by atoms with Crippen molar-refractivity contribution in [1.82, 2.24) is 9.80 Å². The van der Waals surface area contributed by atoms with Gasteiger partial charge in [0, 0.05) is 50.4 Å². The fourth-order valence-corrected chi connectivity index (χ4v) is 4.79. The Hall–Kier alpha value is -3.30. The Kier molecular flexibility index (Phi) is 8.56. The Morgan fingerprint density at radius 2 is 1.51 bits per heavy atom. The van der Waals surface area contributed by atoms with Crippen LogP contribution < -0.4 is 0 Å². The minimum Gasteiger partial charge on any atom is -0.383 e. The number of amides is 1. The van der Waals surface area contributed by atoms with E-state index in [1.807, 2.05) is 0 Å². The fraction of sp³-hybridized carbons (Fsp3) is 0.357. The predicted molar refractivity (Wildman–Crippen MR) is 131 cm³/mol. The van der Waals surface area contributed by atoms with Crippen molar-refractivity contribution in [2.45, 2.75) is 25.3 Å². The summed E-state index contributed by atoms with van der Waals surface area (Å²) in [5, 5.41) is 0. The van der Waals surface area contributed by atoms with Crippen molar-refractivity contribution >= 4 is 23.8 Å². The average molecular weight is 517 g/mol. The standard InChI is InChI=1S/C28H28F4N2O3/c1-37-17-22-3-2-9-33(22)10-8-27(35)34-15-20(11-18-4-6-23(29)25(31)13-18)28(36)21(16-34)12-19-5-7-24(30)26(32)14-19/h4-7,11-14,22H,2-3,8-10,15-17H2,1H3/b20-11+,21-12+/t22-/m0/s1. The van der Waals surface area contributed by atoms with Crippen LogP contribution in [0.1, 0.15) is 30.4 Å². The van der Waals surface area contributed by atoms with E-state index in [0.717, 1.165) is 43.7 Å². The summed E-state index contributed by atoms with van der Waals surface area (Å²) in [6.07, 6.45) is 5.09. The maximum atomic E-state index is 13.8. The molecule has 0 saturated carbocycles. The molecule has 37 heavy (non-hydrogen) atoms. The van der Waals surface area contributed by atoms with Gasteiger partial charge in [0.15, 0.2) is 29.1 Å². The quantitative estimate of drug-likeness (QED) is 0.398. The third-order valence-electron chi connectivity index (χ3n) is 6.70. The van der Waals surface area contributed by atoms with E-state index in [1.165, 1.54) is 29.2 Å². The van der Waals surface area contributed by atoms with Gasteiger partial charge < -0.3 is 9.64 Å². The number of hydrogen-bond acceptors (Lipinski definition) is 4. The number of carbonyl (C=O) groups excluding carboxylic acids is 2. The molecule has 5 nitrogen and oxygen atoms in total. The highest BCUT2D eigenvalue weighted by Gasteiger charge is 2.30. The summed E-state index contributed by atoms with van der Waals surface area (Å²) in [5.74, 6) is -4.72. The van der Waals surface area contributed by atoms with Gasteiger partial charge in [0.2, 0.25) is 5.91 Å². The molecule has 0 bridgehead atoms. The minimum atomic E-state index is -1.06. The lowest BCUT2D eigenvalue weighted by Crippen LogP contribution is -2.43. The van der Waals surface area contributed by atoms with E-state index < -0.39 is 29.1 Å². The van der Waals surface area contributed by atoms with Crippen molar-refractivity contribution in [3.05, 3.63) is 81.9 Å². The molecule has 2 saturated heterocycles. The summed E-state index contributed by atoms with van der Waals surface area (Å²) in [6.45, 7) is 2.00. The summed E-state index contributed by atoms with van der Waals surface area (Å²) in [4.78, 5) is 30.2. The first-order valence-electron chi connectivity index (χ1n) is 12.1. The van der Waals surface area contributed by atoms with Gasteiger partial charge in [-0.3, -0.25) is 14.5 Å². The first-order valence-corrected chi connectivity index (χ1v) is 12.1. The van der Waals surface area contributed by atoms with Gasteiger partial charge in [-0.15, -0.1) is 0 Å². The summed E-state index contributed by atoms with van der Waals surface area (Å²) < 4.78 is 59.6. The van der Waals surface area contributed by atoms with Gasteiger partial charge >= 0.3 is 0 Å². The molecule has 2 aliphatic heterocycles. The molecular formula is C28H28F4N2O3. The average Bonchev–Trinajstić information content (AvgIpc) is 3.31. The van der Waals surface area contributed by atoms with E-state index in [9.17, 15) is 27.2 Å². The molecule has 1 atom stereocenters. The van der Waals surface area contributed by atoms with Gasteiger partial charge in [-0.05, 0) is 66.9 Å². The van der Waals surface area contributed by atoms with E-state index in [1.54, 1.807) is 7.11 Å². The second-order valence-corrected chi connectivity index (χ2v) is 9.30. The molecule has 0 aliphatic carbocycles. The van der Waals surface area contributed by atoms with Crippen molar-refractivity contribution < 1.29 is 31.9 Å². The van der Waals surface area contributed by atoms with Gasteiger partial charge in [-0.1, -0.05) is 12.1 Å². The second-order valence-electron chi connectivity index (χ2n) is 9.30. The molecule has 2 aliphatic rings. The molecule has 1 amide bonds. The lowest BCUT2D eigenvalue weighted by Gasteiger charge is -2.31. The molecule has 4 rings (SSSR count). The van der Waals surface area contributed by atoms with Crippen molar-refractivity contribution in [2.24, 2.45) is 0 Å². The Morgan fingerprint density at radius 3 is 2.03 bits per heavy atom. The second kappa shape index (κ2) is 11.8. The van der Waals surface area contributed by atoms with Gasteiger partial charge in [0.05, 0.1) is 6.61 Å². The van der Waals surface area contributed by atoms with Crippen molar-refractivity contribution in [3.63, 3.8) is 0 Å². The van der Waals surface area contributed by atoms with Crippen LogP contribution in [0, 0.1) is 23.3 Å². The highest BCUT2D eigenvalue weighted by Crippen LogP contribution is 2.25. The maximum Gasteiger partial charge on any atom is 0.224 e. The van der Waals surface area contributed by atoms with E-state index in [2.05, 4.69) is 4.90 Å². The molecule has 196 valence electrons. The molecule has 0 radical (unpaired) electrons. The van der Waals surface area contributed by atoms with Crippen LogP contribution >= 0.6 is 0 Å². The van der Waals surface area contributed by atoms with Crippen LogP contribution in [0.15, 0.2) is 47.5 Å². The predicted octanol–water partition coefficient (Wildman–Crippen LogP) is 4.62. The number of piperidine rings is 1. The zero-order valence-corrected chi connectivity index (χ0v) is 20.5. The number of halogens is 4. The summed E-state index contributed by atoms with van der Waals surface area (Å²) >= 11 is 0. The van der Waals surface area contributed by atoms with Crippen LogP contribution in [0.5, 0.6) is 0 Å². The normalized spacial score (nSPS) is 20.8. The highest BCUT2D eigenvalue weighted by atomic mass is 19.2. The van der Waals surface area contributed by atoms with Crippen LogP contribution in [0.25, 0.3) is 12.2 Å². The lowest BCUT2D eigenvalue weighted by atomic mass is 9.94. The Morgan fingerprint density at radius 1 is 0.946 bits per heavy atom. The van der Waals surface area contributed by atoms with E-state index in [-0.39, 0.29) is 53.7 Å². The monoisotopic (exact) mass is 516 g/mol. The Bertz CT molecular complexity index is 1170. The van der Waals surface area contributed by atoms with E-state index in [4.69, 9.17) is 4.74 Å². The number of Topliss-reactive ketones (excluding diaryl/α,β-unsaturated/α-hetero) is 1. The fourth-order valence-electron chi connectivity index (χ4n) is 4.79. The van der Waals surface area contributed by atoms with Gasteiger partial charge in [-0.2, -0.15) is 0 Å². The van der Waals surface area contributed by atoms with Gasteiger partial charge in [0.1, 0.15) is 0 Å². The number of hydrogen-bond donors (Lipinski definition) is 0. The summed E-state index contributed by atoms with van der Waals surface area (Å²) in [6, 6.07) is 6.79. The largest absolute Gasteiger partial charge is 0.383 e. The first-order chi connectivity index (χ1) is 17.7. The SMILES string of the molecule is COC[C@@H]1CCCN1CCC(=O)N1C/C(=C\c2ccc(F)c(F)c2)C(=O)/C(=C/c2ccc(F)c(F)c2)C1. The molecule has 0 unspecified atom stereocenters. The van der Waals surface area contributed by atoms with Gasteiger partial charge in [-0.25, -0.2) is 17.6 Å². The van der Waals surface area contributed by atoms with Crippen LogP contribution in [-0.4, -0.2) is 67.4 Å². The van der Waals surface area contributed by atoms with Crippen molar-refractivity contribution in [3.8, 4) is 0 Å². The number of carbonyl (C=O) groups is 2. The molecule has 0 aromatic heterocycles. The number of ether oxygens (including phenoxy) is 1. The number of likely N-dealkylation sites (tertiary alicyclic amines) is 2. The zero-order valence-electron chi connectivity index (χ0n) is 20.5. The minimum absolute atomic E-state index is 0.00667. The molecule has 2 aromatic carbocycles. The number of rotatable bonds is 7. The van der Waals surface area contributed by atoms with Gasteiger partial charge in [0.25, 0.3) is 0 Å². The molecule has 0 spiro atoms. The molecule has 9 heteroatoms. The topological polar surface area (TPSA) is 49.9 Å². The third kappa shape index (κ3) is 6.53. The highest BCUT2D eigenvalue weighted by molar-refractivity contribution is 6.15. The molecular weight excluding hydrogens is 488 g/mol. The van der Waals surface area contributed by atoms with Crippen molar-refractivity contribution in [1.29, 1.82) is 0 Å². The number of methoxy groups -OCH3 is 1. The molecule has 2 fully saturated rings. The lowest BCUT2D eigenvalue weighted by molar-refractivity contribution is -0.131. The number of nitrogens with zero attached hydrogens (tertiary/aromatic N) is 2. The van der Waals surface area contributed by atoms with Crippen LogP contribution in [-0.2, 0) is 14.3 Å². The summed E-state index contributed by atoms with van der Waals surface area (Å²) in [7, 11) is 1.65. The Balaban J connectivity index is 1.59. The van der Waals surface area contributed by atoms with Crippen LogP contribution in [0.2, 0.25) is 0 Å². The molecule has 0 N–H and O–H groups in total. The van der Waals surface area contributed by atoms with E-state index >= 15 is 0 Å². The number of benzene rings is 2. The maximum absolute atomic E-state index is 13.8. The zero-order chi connectivity index (χ0) is 26.5. The third-order valence-corrected chi connectivity index (χ3v) is 6.70. The number of ketones is 1. The van der Waals surface area contributed by atoms with E-state index in [0.29, 0.717) is 13.2 Å². The van der Waals surface area contributed by atoms with Crippen molar-refractivity contribution in [2.75, 3.05) is 39.9 Å². The smallest absolute Gasteiger partial charge is 0.224 e. The van der Waals surface area contributed by atoms with Crippen LogP contribution in [0.4, 0.5) is 17.6 Å². The molecule has 2 aromatic rings. The summed E-state index contributed by atoms with van der Waals surface area (Å²) in [5.41, 5.74) is 0.946. The Labute approximate surface area is 213 Å². The molecule has 2 heterocycles. The first kappa shape index (κ1) is 26.8.